The van der Waals surface area contributed by atoms with Crippen LogP contribution in [0.2, 0.25) is 0 Å². The summed E-state index contributed by atoms with van der Waals surface area (Å²) in [6, 6.07) is 9.05. The number of nitrogens with one attached hydrogen (secondary N) is 1. The molecule has 0 unspecified atom stereocenters. The van der Waals surface area contributed by atoms with Gasteiger partial charge in [-0.3, -0.25) is 4.79 Å². The van der Waals surface area contributed by atoms with Crippen molar-refractivity contribution in [2.24, 2.45) is 0 Å². The summed E-state index contributed by atoms with van der Waals surface area (Å²) in [5.74, 6) is -0.821. The monoisotopic (exact) mass is 291 g/mol. The highest BCUT2D eigenvalue weighted by molar-refractivity contribution is 14.1. The molecule has 0 aliphatic rings. The summed E-state index contributed by atoms with van der Waals surface area (Å²) in [4.78, 5) is 10.7. The van der Waals surface area contributed by atoms with Gasteiger partial charge in [-0.1, -0.05) is 30.3 Å². The van der Waals surface area contributed by atoms with Crippen molar-refractivity contribution in [3.63, 3.8) is 0 Å². The number of carboxylic acids is 1. The van der Waals surface area contributed by atoms with Gasteiger partial charge >= 0.3 is 5.97 Å². The Kier molecular flexibility index (Phi) is 4.17. The van der Waals surface area contributed by atoms with Crippen molar-refractivity contribution in [2.75, 3.05) is 0 Å². The van der Waals surface area contributed by atoms with E-state index in [4.69, 9.17) is 5.11 Å². The number of benzene rings is 1. The summed E-state index contributed by atoms with van der Waals surface area (Å²) in [7, 11) is 0. The number of halogens is 1. The standard InChI is InChI=1S/C9H10INO2/c10-11-8(9(12)13)6-7-4-2-1-3-5-7/h1-5,8,11H,6H2,(H,12,13)/t8-/m1/s1. The minimum atomic E-state index is -0.821. The molecule has 1 aromatic rings. The van der Waals surface area contributed by atoms with Crippen molar-refractivity contribution in [1.29, 1.82) is 0 Å². The number of hydrogen-bond donors (Lipinski definition) is 2. The Balaban J connectivity index is 2.62. The lowest BCUT2D eigenvalue weighted by atomic mass is 10.1. The van der Waals surface area contributed by atoms with Gasteiger partial charge in [-0.25, -0.2) is 3.53 Å². The fourth-order valence-corrected chi connectivity index (χ4v) is 1.51. The van der Waals surface area contributed by atoms with Crippen molar-refractivity contribution in [2.45, 2.75) is 12.5 Å². The first kappa shape index (κ1) is 10.5. The van der Waals surface area contributed by atoms with Crippen LogP contribution in [0, 0.1) is 0 Å². The molecule has 1 atom stereocenters. The third-order valence-electron chi connectivity index (χ3n) is 1.71. The summed E-state index contributed by atoms with van der Waals surface area (Å²) in [6.07, 6.45) is 0.513. The lowest BCUT2D eigenvalue weighted by molar-refractivity contribution is -0.138. The number of hydrogen-bond acceptors (Lipinski definition) is 2. The fourth-order valence-electron chi connectivity index (χ4n) is 1.02. The second-order valence-corrected chi connectivity index (χ2v) is 3.31. The van der Waals surface area contributed by atoms with E-state index < -0.39 is 12.0 Å². The normalized spacial score (nSPS) is 12.4. The highest BCUT2D eigenvalue weighted by Gasteiger charge is 2.15. The maximum Gasteiger partial charge on any atom is 0.321 e. The Morgan fingerprint density at radius 3 is 2.54 bits per heavy atom. The Hall–Kier alpha value is -0.620. The molecule has 0 fully saturated rings. The summed E-state index contributed by atoms with van der Waals surface area (Å²) in [5.41, 5.74) is 1.03. The molecule has 0 spiro atoms. The largest absolute Gasteiger partial charge is 0.480 e. The maximum atomic E-state index is 10.7. The van der Waals surface area contributed by atoms with Gasteiger partial charge in [-0.05, 0) is 12.0 Å². The van der Waals surface area contributed by atoms with Crippen LogP contribution >= 0.6 is 22.9 Å². The van der Waals surface area contributed by atoms with Crippen molar-refractivity contribution in [1.82, 2.24) is 3.53 Å². The molecule has 1 aromatic carbocycles. The van der Waals surface area contributed by atoms with Gasteiger partial charge in [0.05, 0.1) is 0 Å². The van der Waals surface area contributed by atoms with E-state index in [-0.39, 0.29) is 0 Å². The van der Waals surface area contributed by atoms with Crippen LogP contribution in [0.3, 0.4) is 0 Å². The molecule has 0 radical (unpaired) electrons. The summed E-state index contributed by atoms with van der Waals surface area (Å²) >= 11 is 1.86. The van der Waals surface area contributed by atoms with E-state index in [9.17, 15) is 4.79 Å². The van der Waals surface area contributed by atoms with Gasteiger partial charge in [0.2, 0.25) is 0 Å². The van der Waals surface area contributed by atoms with E-state index >= 15 is 0 Å². The van der Waals surface area contributed by atoms with Gasteiger partial charge in [0.25, 0.3) is 0 Å². The molecule has 0 saturated carbocycles. The van der Waals surface area contributed by atoms with Crippen LogP contribution in [0.4, 0.5) is 0 Å². The van der Waals surface area contributed by atoms with Gasteiger partial charge in [0.1, 0.15) is 6.04 Å². The molecule has 3 nitrogen and oxygen atoms in total. The zero-order valence-electron chi connectivity index (χ0n) is 6.90. The van der Waals surface area contributed by atoms with E-state index in [1.165, 1.54) is 0 Å². The number of carboxylic acid groups (broad SMARTS) is 1. The number of aliphatic carboxylic acids is 1. The van der Waals surface area contributed by atoms with Crippen molar-refractivity contribution >= 4 is 28.8 Å². The molecule has 4 heteroatoms. The van der Waals surface area contributed by atoms with Crippen LogP contribution < -0.4 is 3.53 Å². The first-order chi connectivity index (χ1) is 6.24. The lowest BCUT2D eigenvalue weighted by Crippen LogP contribution is -2.32. The number of carbonyl (C=O) groups is 1. The first-order valence-electron chi connectivity index (χ1n) is 3.87. The summed E-state index contributed by atoms with van der Waals surface area (Å²) in [5, 5.41) is 8.77. The van der Waals surface area contributed by atoms with Crippen molar-refractivity contribution < 1.29 is 9.90 Å². The maximum absolute atomic E-state index is 10.7. The van der Waals surface area contributed by atoms with Crippen LogP contribution in [0.1, 0.15) is 5.56 Å². The van der Waals surface area contributed by atoms with Gasteiger partial charge in [-0.2, -0.15) is 0 Å². The molecule has 0 aromatic heterocycles. The first-order valence-corrected chi connectivity index (χ1v) is 4.95. The number of rotatable bonds is 4. The molecular weight excluding hydrogens is 281 g/mol. The molecule has 1 rings (SSSR count). The summed E-state index contributed by atoms with van der Waals surface area (Å²) in [6.45, 7) is 0. The predicted molar refractivity (Wildman–Crippen MR) is 58.7 cm³/mol. The molecule has 0 aliphatic carbocycles. The molecular formula is C9H10INO2. The Bertz CT molecular complexity index is 276. The average molecular weight is 291 g/mol. The van der Waals surface area contributed by atoms with Gasteiger partial charge in [0, 0.05) is 22.9 Å². The highest BCUT2D eigenvalue weighted by atomic mass is 127. The predicted octanol–water partition coefficient (Wildman–Crippen LogP) is 1.62. The SMILES string of the molecule is O=C(O)[C@@H](Cc1ccccc1)NI. The molecule has 0 bridgehead atoms. The van der Waals surface area contributed by atoms with Crippen LogP contribution in [-0.2, 0) is 11.2 Å². The minimum absolute atomic E-state index is 0.511. The topological polar surface area (TPSA) is 49.3 Å². The van der Waals surface area contributed by atoms with E-state index in [0.29, 0.717) is 6.42 Å². The van der Waals surface area contributed by atoms with E-state index in [1.807, 2.05) is 53.2 Å². The van der Waals surface area contributed by atoms with E-state index in [1.54, 1.807) is 0 Å². The molecule has 13 heavy (non-hydrogen) atoms. The van der Waals surface area contributed by atoms with Gasteiger partial charge in [-0.15, -0.1) is 0 Å². The molecule has 2 N–H and O–H groups in total. The Morgan fingerprint density at radius 2 is 2.08 bits per heavy atom. The fraction of sp³-hybridized carbons (Fsp3) is 0.222. The Labute approximate surface area is 90.7 Å². The van der Waals surface area contributed by atoms with Gasteiger partial charge < -0.3 is 5.11 Å². The van der Waals surface area contributed by atoms with E-state index in [0.717, 1.165) is 5.56 Å². The van der Waals surface area contributed by atoms with Crippen molar-refractivity contribution in [3.8, 4) is 0 Å². The molecule has 0 heterocycles. The van der Waals surface area contributed by atoms with Crippen LogP contribution in [0.5, 0.6) is 0 Å². The van der Waals surface area contributed by atoms with Crippen LogP contribution in [0.15, 0.2) is 30.3 Å². The minimum Gasteiger partial charge on any atom is -0.480 e. The second-order valence-electron chi connectivity index (χ2n) is 2.69. The van der Waals surface area contributed by atoms with Crippen LogP contribution in [0.25, 0.3) is 0 Å². The molecule has 70 valence electrons. The van der Waals surface area contributed by atoms with Crippen molar-refractivity contribution in [3.05, 3.63) is 35.9 Å². The van der Waals surface area contributed by atoms with E-state index in [2.05, 4.69) is 3.53 Å². The highest BCUT2D eigenvalue weighted by Crippen LogP contribution is 2.04. The molecule has 0 amide bonds. The average Bonchev–Trinajstić information content (AvgIpc) is 2.15. The zero-order chi connectivity index (χ0) is 9.68. The van der Waals surface area contributed by atoms with Gasteiger partial charge in [0.15, 0.2) is 0 Å². The second kappa shape index (κ2) is 5.18. The third-order valence-corrected chi connectivity index (χ3v) is 2.46. The zero-order valence-corrected chi connectivity index (χ0v) is 9.06. The van der Waals surface area contributed by atoms with Crippen LogP contribution in [-0.4, -0.2) is 17.1 Å². The smallest absolute Gasteiger partial charge is 0.321 e. The summed E-state index contributed by atoms with van der Waals surface area (Å²) < 4.78 is 2.72. The molecule has 0 aliphatic heterocycles. The lowest BCUT2D eigenvalue weighted by Gasteiger charge is -2.09. The Morgan fingerprint density at radius 1 is 1.46 bits per heavy atom. The molecule has 0 saturated heterocycles. The third kappa shape index (κ3) is 3.31. The quantitative estimate of drug-likeness (QED) is 0.654.